The van der Waals surface area contributed by atoms with Crippen LogP contribution < -0.4 is 10.6 Å². The number of aromatic nitrogens is 1. The van der Waals surface area contributed by atoms with E-state index in [1.165, 1.54) is 13.1 Å². The number of carbonyl (C=O) groups is 2. The Morgan fingerprint density at radius 2 is 1.82 bits per heavy atom. The molecule has 7 nitrogen and oxygen atoms in total. The largest absolute Gasteiger partial charge is 0.399 e. The van der Waals surface area contributed by atoms with Gasteiger partial charge in [-0.05, 0) is 55.3 Å². The van der Waals surface area contributed by atoms with Crippen LogP contribution in [-0.4, -0.2) is 34.8 Å². The van der Waals surface area contributed by atoms with Gasteiger partial charge in [0.1, 0.15) is 11.6 Å². The van der Waals surface area contributed by atoms with Gasteiger partial charge in [-0.1, -0.05) is 0 Å². The molecule has 0 radical (unpaired) electrons. The maximum atomic E-state index is 12.9. The lowest BCUT2D eigenvalue weighted by Gasteiger charge is -2.22. The van der Waals surface area contributed by atoms with E-state index in [0.717, 1.165) is 16.9 Å². The van der Waals surface area contributed by atoms with Crippen molar-refractivity contribution in [2.45, 2.75) is 20.3 Å². The molecule has 0 aliphatic carbocycles. The van der Waals surface area contributed by atoms with E-state index in [4.69, 9.17) is 5.73 Å². The summed E-state index contributed by atoms with van der Waals surface area (Å²) >= 11 is 0. The molecular weight excluding hydrogens is 354 g/mol. The Balaban J connectivity index is 2.21. The summed E-state index contributed by atoms with van der Waals surface area (Å²) in [7, 11) is 0. The molecule has 0 unspecified atom stereocenters. The first-order valence-corrected chi connectivity index (χ1v) is 8.91. The number of imide groups is 1. The van der Waals surface area contributed by atoms with Crippen LogP contribution in [-0.2, 0) is 16.0 Å². The van der Waals surface area contributed by atoms with Gasteiger partial charge in [0.25, 0.3) is 5.91 Å². The molecule has 2 N–H and O–H groups in total. The molecule has 0 spiro atoms. The number of hydrogen-bond acceptors (Lipinski definition) is 6. The summed E-state index contributed by atoms with van der Waals surface area (Å²) in [5.74, 6) is -1.14. The predicted molar refractivity (Wildman–Crippen MR) is 108 cm³/mol. The second kappa shape index (κ2) is 9.88. The topological polar surface area (TPSA) is 103 Å². The molecule has 28 heavy (non-hydrogen) atoms. The van der Waals surface area contributed by atoms with E-state index in [1.807, 2.05) is 30.0 Å². The highest BCUT2D eigenvalue weighted by molar-refractivity contribution is 6.21. The van der Waals surface area contributed by atoms with Gasteiger partial charge >= 0.3 is 0 Å². The van der Waals surface area contributed by atoms with Gasteiger partial charge in [0.15, 0.2) is 0 Å². The molecule has 2 rings (SSSR count). The summed E-state index contributed by atoms with van der Waals surface area (Å²) in [5, 5.41) is 9.52. The minimum Gasteiger partial charge on any atom is -0.399 e. The van der Waals surface area contributed by atoms with E-state index >= 15 is 0 Å². The van der Waals surface area contributed by atoms with Crippen molar-refractivity contribution >= 4 is 23.2 Å². The maximum absolute atomic E-state index is 12.9. The molecule has 0 fully saturated rings. The van der Waals surface area contributed by atoms with Crippen LogP contribution in [0.25, 0.3) is 0 Å². The molecule has 144 valence electrons. The molecule has 0 atom stereocenters. The van der Waals surface area contributed by atoms with E-state index in [0.29, 0.717) is 24.5 Å². The van der Waals surface area contributed by atoms with Gasteiger partial charge in [0.2, 0.25) is 5.91 Å². The Morgan fingerprint density at radius 1 is 1.18 bits per heavy atom. The third-order valence-electron chi connectivity index (χ3n) is 4.18. The van der Waals surface area contributed by atoms with Crippen LogP contribution in [0, 0.1) is 11.3 Å². The van der Waals surface area contributed by atoms with Crippen molar-refractivity contribution in [2.75, 3.05) is 23.7 Å². The molecule has 2 amide bonds. The van der Waals surface area contributed by atoms with Crippen molar-refractivity contribution in [1.29, 1.82) is 5.26 Å². The van der Waals surface area contributed by atoms with Crippen LogP contribution >= 0.6 is 0 Å². The smallest absolute Gasteiger partial charge is 0.277 e. The van der Waals surface area contributed by atoms with E-state index in [-0.39, 0.29) is 5.57 Å². The number of nitrogens with two attached hydrogens (primary N) is 1. The molecular formula is C21H23N5O2. The molecule has 0 bridgehead atoms. The van der Waals surface area contributed by atoms with Gasteiger partial charge in [-0.3, -0.25) is 14.6 Å². The van der Waals surface area contributed by atoms with E-state index in [9.17, 15) is 14.9 Å². The lowest BCUT2D eigenvalue weighted by molar-refractivity contribution is -0.123. The Labute approximate surface area is 164 Å². The van der Waals surface area contributed by atoms with Gasteiger partial charge in [-0.15, -0.1) is 0 Å². The van der Waals surface area contributed by atoms with Crippen molar-refractivity contribution in [3.63, 3.8) is 0 Å². The van der Waals surface area contributed by atoms with Crippen molar-refractivity contribution in [1.82, 2.24) is 9.88 Å². The zero-order valence-electron chi connectivity index (χ0n) is 16.0. The van der Waals surface area contributed by atoms with Crippen LogP contribution in [0.2, 0.25) is 0 Å². The summed E-state index contributed by atoms with van der Waals surface area (Å²) in [4.78, 5) is 31.8. The van der Waals surface area contributed by atoms with E-state index in [2.05, 4.69) is 4.98 Å². The van der Waals surface area contributed by atoms with Crippen LogP contribution in [0.1, 0.15) is 19.4 Å². The first-order valence-electron chi connectivity index (χ1n) is 8.91. The number of rotatable bonds is 7. The number of amides is 2. The molecule has 0 aliphatic heterocycles. The number of pyridine rings is 1. The Bertz CT molecular complexity index is 885. The lowest BCUT2D eigenvalue weighted by atomic mass is 10.2. The molecule has 1 aromatic carbocycles. The fraction of sp³-hybridized carbons (Fsp3) is 0.238. The summed E-state index contributed by atoms with van der Waals surface area (Å²) in [6.07, 6.45) is 5.71. The summed E-state index contributed by atoms with van der Waals surface area (Å²) in [6.45, 7) is 4.46. The number of nitrogens with zero attached hydrogens (tertiary/aromatic N) is 4. The van der Waals surface area contributed by atoms with Gasteiger partial charge in [-0.25, -0.2) is 4.90 Å². The summed E-state index contributed by atoms with van der Waals surface area (Å²) in [5.41, 5.74) is 7.56. The minimum atomic E-state index is -0.665. The molecule has 0 saturated carbocycles. The summed E-state index contributed by atoms with van der Waals surface area (Å²) in [6, 6.07) is 12.1. The average Bonchev–Trinajstić information content (AvgIpc) is 2.70. The third kappa shape index (κ3) is 5.42. The van der Waals surface area contributed by atoms with Crippen LogP contribution in [0.5, 0.6) is 0 Å². The normalized spacial score (nSPS) is 10.8. The SMILES string of the molecule is CCN(/C=C(/C#N)C(=O)N(C(C)=O)c1ccc(N)cc1)CCc1ccncc1. The standard InChI is InChI=1S/C21H23N5O2/c1-3-25(13-10-17-8-11-24-12-9-17)15-18(14-22)21(28)26(16(2)27)20-6-4-19(23)5-7-20/h4-9,11-12,15H,3,10,13,23H2,1-2H3/b18-15-. The van der Waals surface area contributed by atoms with Gasteiger partial charge in [0, 0.05) is 44.3 Å². The van der Waals surface area contributed by atoms with E-state index in [1.54, 1.807) is 36.7 Å². The van der Waals surface area contributed by atoms with Crippen molar-refractivity contribution < 1.29 is 9.59 Å². The van der Waals surface area contributed by atoms with Crippen molar-refractivity contribution in [3.8, 4) is 6.07 Å². The quantitative estimate of drug-likeness (QED) is 0.452. The zero-order valence-corrected chi connectivity index (χ0v) is 16.0. The fourth-order valence-electron chi connectivity index (χ4n) is 2.64. The number of likely N-dealkylation sites (N-methyl/N-ethyl adjacent to an activating group) is 1. The zero-order chi connectivity index (χ0) is 20.5. The van der Waals surface area contributed by atoms with E-state index < -0.39 is 11.8 Å². The van der Waals surface area contributed by atoms with Crippen LogP contribution in [0.3, 0.4) is 0 Å². The lowest BCUT2D eigenvalue weighted by Crippen LogP contribution is -2.36. The highest BCUT2D eigenvalue weighted by Crippen LogP contribution is 2.19. The fourth-order valence-corrected chi connectivity index (χ4v) is 2.64. The first kappa shape index (κ1) is 20.6. The van der Waals surface area contributed by atoms with Crippen LogP contribution in [0.4, 0.5) is 11.4 Å². The second-order valence-electron chi connectivity index (χ2n) is 6.14. The van der Waals surface area contributed by atoms with Gasteiger partial charge < -0.3 is 10.6 Å². The molecule has 1 aromatic heterocycles. The van der Waals surface area contributed by atoms with Crippen molar-refractivity contribution in [3.05, 3.63) is 66.1 Å². The van der Waals surface area contributed by atoms with Crippen molar-refractivity contribution in [2.24, 2.45) is 0 Å². The molecule has 1 heterocycles. The number of nitrogen functional groups attached to an aromatic ring is 1. The number of anilines is 2. The molecule has 0 saturated heterocycles. The predicted octanol–water partition coefficient (Wildman–Crippen LogP) is 2.52. The van der Waals surface area contributed by atoms with Gasteiger partial charge in [0.05, 0.1) is 5.69 Å². The molecule has 0 aliphatic rings. The van der Waals surface area contributed by atoms with Crippen LogP contribution in [0.15, 0.2) is 60.6 Å². The monoisotopic (exact) mass is 377 g/mol. The Hall–Kier alpha value is -3.66. The minimum absolute atomic E-state index is 0.108. The average molecular weight is 377 g/mol. The Kier molecular flexibility index (Phi) is 7.28. The molecule has 2 aromatic rings. The number of benzene rings is 1. The number of carbonyl (C=O) groups excluding carboxylic acids is 2. The summed E-state index contributed by atoms with van der Waals surface area (Å²) < 4.78 is 0. The highest BCUT2D eigenvalue weighted by atomic mass is 16.2. The molecule has 7 heteroatoms. The second-order valence-corrected chi connectivity index (χ2v) is 6.14. The first-order chi connectivity index (χ1) is 13.5. The number of hydrogen-bond donors (Lipinski definition) is 1. The van der Waals surface area contributed by atoms with Gasteiger partial charge in [-0.2, -0.15) is 5.26 Å². The maximum Gasteiger partial charge on any atom is 0.277 e. The third-order valence-corrected chi connectivity index (χ3v) is 4.18. The highest BCUT2D eigenvalue weighted by Gasteiger charge is 2.24. The Morgan fingerprint density at radius 3 is 2.36 bits per heavy atom. The number of nitriles is 1.